The van der Waals surface area contributed by atoms with Gasteiger partial charge < -0.3 is 10.2 Å². The van der Waals surface area contributed by atoms with Gasteiger partial charge in [-0.3, -0.25) is 0 Å². The predicted octanol–water partition coefficient (Wildman–Crippen LogP) is 2.07. The number of nitrogens with zero attached hydrogens (tertiary/aromatic N) is 2. The second kappa shape index (κ2) is 4.45. The molecule has 0 unspecified atom stereocenters. The van der Waals surface area contributed by atoms with Crippen LogP contribution in [-0.4, -0.2) is 9.97 Å². The summed E-state index contributed by atoms with van der Waals surface area (Å²) in [5.41, 5.74) is 8.71. The van der Waals surface area contributed by atoms with Gasteiger partial charge in [0.1, 0.15) is 0 Å². The van der Waals surface area contributed by atoms with Crippen LogP contribution in [0.2, 0.25) is 0 Å². The van der Waals surface area contributed by atoms with Crippen LogP contribution in [0.3, 0.4) is 0 Å². The molecule has 0 spiro atoms. The van der Waals surface area contributed by atoms with Gasteiger partial charge in [0.05, 0.1) is 12.0 Å². The Balaban J connectivity index is 2.54. The lowest BCUT2D eigenvalue weighted by Gasteiger charge is -2.09. The van der Waals surface area contributed by atoms with Crippen LogP contribution in [0.25, 0.3) is 11.6 Å². The molecule has 0 saturated carbocycles. The summed E-state index contributed by atoms with van der Waals surface area (Å²) >= 11 is 0. The van der Waals surface area contributed by atoms with Crippen molar-refractivity contribution in [1.82, 2.24) is 9.97 Å². The molecule has 2 rings (SSSR count). The molecule has 2 aromatic heterocycles. The number of aromatic nitrogens is 2. The fraction of sp³-hybridized carbons (Fsp3) is 0.333. The van der Waals surface area contributed by atoms with Crippen molar-refractivity contribution in [2.24, 2.45) is 5.73 Å². The van der Waals surface area contributed by atoms with E-state index in [1.165, 1.54) is 0 Å². The Hall–Kier alpha value is -1.68. The molecule has 0 amide bonds. The molecule has 0 aliphatic heterocycles. The van der Waals surface area contributed by atoms with Crippen LogP contribution in [0.1, 0.15) is 23.9 Å². The maximum absolute atomic E-state index is 5.70. The summed E-state index contributed by atoms with van der Waals surface area (Å²) in [6.07, 6.45) is 2.51. The minimum absolute atomic E-state index is 0.431. The van der Waals surface area contributed by atoms with Crippen molar-refractivity contribution < 1.29 is 4.42 Å². The van der Waals surface area contributed by atoms with Gasteiger partial charge in [-0.2, -0.15) is 0 Å². The predicted molar refractivity (Wildman–Crippen MR) is 61.7 cm³/mol. The third-order valence-electron chi connectivity index (χ3n) is 2.59. The lowest BCUT2D eigenvalue weighted by atomic mass is 10.1. The minimum atomic E-state index is 0.431. The molecule has 0 fully saturated rings. The van der Waals surface area contributed by atoms with E-state index in [1.54, 1.807) is 6.26 Å². The van der Waals surface area contributed by atoms with Crippen LogP contribution in [0.4, 0.5) is 0 Å². The van der Waals surface area contributed by atoms with E-state index in [1.807, 2.05) is 19.1 Å². The van der Waals surface area contributed by atoms with E-state index in [0.29, 0.717) is 18.1 Å². The lowest BCUT2D eigenvalue weighted by Crippen LogP contribution is -2.09. The first kappa shape index (κ1) is 10.8. The fourth-order valence-electron chi connectivity index (χ4n) is 1.80. The molecule has 16 heavy (non-hydrogen) atoms. The zero-order valence-corrected chi connectivity index (χ0v) is 9.53. The van der Waals surface area contributed by atoms with Crippen molar-refractivity contribution in [1.29, 1.82) is 0 Å². The number of hydrogen-bond acceptors (Lipinski definition) is 4. The van der Waals surface area contributed by atoms with Crippen LogP contribution >= 0.6 is 0 Å². The van der Waals surface area contributed by atoms with Gasteiger partial charge in [0.25, 0.3) is 0 Å². The molecule has 4 heteroatoms. The second-order valence-electron chi connectivity index (χ2n) is 3.59. The van der Waals surface area contributed by atoms with Crippen LogP contribution in [0.15, 0.2) is 22.8 Å². The maximum Gasteiger partial charge on any atom is 0.196 e. The second-order valence-corrected chi connectivity index (χ2v) is 3.59. The smallest absolute Gasteiger partial charge is 0.196 e. The third-order valence-corrected chi connectivity index (χ3v) is 2.59. The van der Waals surface area contributed by atoms with E-state index >= 15 is 0 Å². The third kappa shape index (κ3) is 1.84. The Morgan fingerprint density at radius 1 is 1.38 bits per heavy atom. The van der Waals surface area contributed by atoms with Crippen molar-refractivity contribution in [2.75, 3.05) is 0 Å². The molecule has 0 aliphatic carbocycles. The highest BCUT2D eigenvalue weighted by molar-refractivity contribution is 5.48. The summed E-state index contributed by atoms with van der Waals surface area (Å²) in [6.45, 7) is 4.49. The summed E-state index contributed by atoms with van der Waals surface area (Å²) in [7, 11) is 0. The molecule has 0 radical (unpaired) electrons. The molecule has 84 valence electrons. The highest BCUT2D eigenvalue weighted by atomic mass is 16.3. The first-order chi connectivity index (χ1) is 7.76. The SMILES string of the molecule is CCc1c(C)nc(-c2ccco2)nc1CN. The number of hydrogen-bond donors (Lipinski definition) is 1. The van der Waals surface area contributed by atoms with Crippen LogP contribution in [0, 0.1) is 6.92 Å². The molecular weight excluding hydrogens is 202 g/mol. The van der Waals surface area contributed by atoms with Gasteiger partial charge in [-0.05, 0) is 31.0 Å². The molecule has 0 saturated heterocycles. The summed E-state index contributed by atoms with van der Waals surface area (Å²) in [4.78, 5) is 8.87. The van der Waals surface area contributed by atoms with E-state index in [0.717, 1.165) is 23.4 Å². The summed E-state index contributed by atoms with van der Waals surface area (Å²) in [5.74, 6) is 1.29. The van der Waals surface area contributed by atoms with Crippen LogP contribution in [-0.2, 0) is 13.0 Å². The maximum atomic E-state index is 5.70. The van der Waals surface area contributed by atoms with Crippen molar-refractivity contribution >= 4 is 0 Å². The van der Waals surface area contributed by atoms with Crippen LogP contribution in [0.5, 0.6) is 0 Å². The Morgan fingerprint density at radius 3 is 2.75 bits per heavy atom. The minimum Gasteiger partial charge on any atom is -0.461 e. The Kier molecular flexibility index (Phi) is 3.01. The molecule has 0 aliphatic rings. The van der Waals surface area contributed by atoms with Gasteiger partial charge in [0.2, 0.25) is 0 Å². The fourth-order valence-corrected chi connectivity index (χ4v) is 1.80. The van der Waals surface area contributed by atoms with E-state index in [4.69, 9.17) is 10.2 Å². The van der Waals surface area contributed by atoms with Gasteiger partial charge in [-0.25, -0.2) is 9.97 Å². The van der Waals surface area contributed by atoms with Gasteiger partial charge in [0, 0.05) is 12.2 Å². The standard InChI is InChI=1S/C12H15N3O/c1-3-9-8(2)14-12(15-10(9)7-13)11-5-4-6-16-11/h4-6H,3,7,13H2,1-2H3. The van der Waals surface area contributed by atoms with E-state index < -0.39 is 0 Å². The summed E-state index contributed by atoms with van der Waals surface area (Å²) < 4.78 is 5.28. The number of aryl methyl sites for hydroxylation is 1. The molecule has 4 nitrogen and oxygen atoms in total. The lowest BCUT2D eigenvalue weighted by molar-refractivity contribution is 0.576. The molecule has 2 aromatic rings. The quantitative estimate of drug-likeness (QED) is 0.854. The molecule has 0 aromatic carbocycles. The number of nitrogens with two attached hydrogens (primary N) is 1. The highest BCUT2D eigenvalue weighted by Gasteiger charge is 2.11. The molecule has 0 atom stereocenters. The summed E-state index contributed by atoms with van der Waals surface area (Å²) in [5, 5.41) is 0. The Labute approximate surface area is 94.5 Å². The first-order valence-electron chi connectivity index (χ1n) is 5.36. The zero-order chi connectivity index (χ0) is 11.5. The first-order valence-corrected chi connectivity index (χ1v) is 5.36. The molecule has 2 heterocycles. The van der Waals surface area contributed by atoms with Crippen molar-refractivity contribution in [3.05, 3.63) is 35.3 Å². The van der Waals surface area contributed by atoms with E-state index in [2.05, 4.69) is 16.9 Å². The number of rotatable bonds is 3. The number of furan rings is 1. The van der Waals surface area contributed by atoms with Crippen molar-refractivity contribution in [2.45, 2.75) is 26.8 Å². The highest BCUT2D eigenvalue weighted by Crippen LogP contribution is 2.19. The van der Waals surface area contributed by atoms with Crippen molar-refractivity contribution in [3.8, 4) is 11.6 Å². The average molecular weight is 217 g/mol. The van der Waals surface area contributed by atoms with Crippen molar-refractivity contribution in [3.63, 3.8) is 0 Å². The molecular formula is C12H15N3O. The normalized spacial score (nSPS) is 10.7. The monoisotopic (exact) mass is 217 g/mol. The summed E-state index contributed by atoms with van der Waals surface area (Å²) in [6, 6.07) is 3.67. The van der Waals surface area contributed by atoms with Crippen LogP contribution < -0.4 is 5.73 Å². The zero-order valence-electron chi connectivity index (χ0n) is 9.53. The van der Waals surface area contributed by atoms with Gasteiger partial charge in [-0.1, -0.05) is 6.92 Å². The van der Waals surface area contributed by atoms with E-state index in [-0.39, 0.29) is 0 Å². The Bertz CT molecular complexity index is 477. The average Bonchev–Trinajstić information content (AvgIpc) is 2.81. The van der Waals surface area contributed by atoms with Gasteiger partial charge >= 0.3 is 0 Å². The van der Waals surface area contributed by atoms with Gasteiger partial charge in [0.15, 0.2) is 11.6 Å². The Morgan fingerprint density at radius 2 is 2.19 bits per heavy atom. The largest absolute Gasteiger partial charge is 0.461 e. The van der Waals surface area contributed by atoms with Gasteiger partial charge in [-0.15, -0.1) is 0 Å². The topological polar surface area (TPSA) is 64.9 Å². The molecule has 0 bridgehead atoms. The molecule has 2 N–H and O–H groups in total. The van der Waals surface area contributed by atoms with E-state index in [9.17, 15) is 0 Å².